The molecule has 7 heteroatoms. The van der Waals surface area contributed by atoms with Gasteiger partial charge in [-0.15, -0.1) is 0 Å². The van der Waals surface area contributed by atoms with Gasteiger partial charge >= 0.3 is 0 Å². The molecule has 3 rings (SSSR count). The average Bonchev–Trinajstić information content (AvgIpc) is 3.21. The summed E-state index contributed by atoms with van der Waals surface area (Å²) in [6, 6.07) is 7.16. The molecule has 1 fully saturated rings. The van der Waals surface area contributed by atoms with Crippen molar-refractivity contribution in [3.63, 3.8) is 0 Å². The minimum Gasteiger partial charge on any atom is -0.369 e. The van der Waals surface area contributed by atoms with Crippen molar-refractivity contribution in [1.29, 1.82) is 0 Å². The van der Waals surface area contributed by atoms with Gasteiger partial charge in [0.2, 0.25) is 17.7 Å². The number of fused-ring (bicyclic) bond motifs is 1. The number of aromatic nitrogens is 1. The lowest BCUT2D eigenvalue weighted by molar-refractivity contribution is -0.135. The molecule has 4 N–H and O–H groups in total. The third-order valence-corrected chi connectivity index (χ3v) is 4.68. The number of nitrogens with zero attached hydrogens (tertiary/aromatic N) is 1. The van der Waals surface area contributed by atoms with Crippen LogP contribution in [0.25, 0.3) is 10.9 Å². The molecule has 25 heavy (non-hydrogen) atoms. The standard InChI is InChI=1S/C18H22N4O3/c1-11(23)21-16(18(25)22-7-6-12(10-22)17(19)24)8-13-9-20-15-5-3-2-4-14(13)15/h2-5,9,12,16,20H,6-8,10H2,1H3,(H2,19,24)(H,21,23)/t12-,16-/m0/s1. The predicted octanol–water partition coefficient (Wildman–Crippen LogP) is 0.549. The number of hydrogen-bond acceptors (Lipinski definition) is 3. The fourth-order valence-electron chi connectivity index (χ4n) is 3.38. The molecule has 1 aromatic heterocycles. The second-order valence-corrected chi connectivity index (χ2v) is 6.49. The number of likely N-dealkylation sites (tertiary alicyclic amines) is 1. The van der Waals surface area contributed by atoms with Crippen molar-refractivity contribution in [2.75, 3.05) is 13.1 Å². The molecule has 0 spiro atoms. The van der Waals surface area contributed by atoms with Crippen molar-refractivity contribution in [3.05, 3.63) is 36.0 Å². The van der Waals surface area contributed by atoms with Crippen LogP contribution in [0.2, 0.25) is 0 Å². The number of rotatable bonds is 5. The molecule has 7 nitrogen and oxygen atoms in total. The number of carbonyl (C=O) groups is 3. The zero-order valence-electron chi connectivity index (χ0n) is 14.1. The molecule has 0 radical (unpaired) electrons. The molecule has 0 unspecified atom stereocenters. The van der Waals surface area contributed by atoms with Gasteiger partial charge in [-0.2, -0.15) is 0 Å². The van der Waals surface area contributed by atoms with E-state index in [0.29, 0.717) is 25.9 Å². The molecule has 0 saturated carbocycles. The Morgan fingerprint density at radius 1 is 1.36 bits per heavy atom. The van der Waals surface area contributed by atoms with Crippen molar-refractivity contribution in [3.8, 4) is 0 Å². The molecule has 1 saturated heterocycles. The van der Waals surface area contributed by atoms with Gasteiger partial charge in [0.1, 0.15) is 6.04 Å². The summed E-state index contributed by atoms with van der Waals surface area (Å²) < 4.78 is 0. The van der Waals surface area contributed by atoms with Crippen molar-refractivity contribution >= 4 is 28.6 Å². The number of nitrogens with one attached hydrogen (secondary N) is 2. The topological polar surface area (TPSA) is 108 Å². The number of H-pyrrole nitrogens is 1. The van der Waals surface area contributed by atoms with E-state index in [-0.39, 0.29) is 23.6 Å². The number of hydrogen-bond donors (Lipinski definition) is 3. The first-order valence-corrected chi connectivity index (χ1v) is 8.36. The monoisotopic (exact) mass is 342 g/mol. The van der Waals surface area contributed by atoms with Gasteiger partial charge in [-0.05, 0) is 18.1 Å². The highest BCUT2D eigenvalue weighted by atomic mass is 16.2. The molecule has 1 aliphatic heterocycles. The van der Waals surface area contributed by atoms with Gasteiger partial charge in [0, 0.05) is 43.5 Å². The van der Waals surface area contributed by atoms with E-state index in [1.165, 1.54) is 6.92 Å². The summed E-state index contributed by atoms with van der Waals surface area (Å²) in [6.07, 6.45) is 2.82. The molecule has 2 aromatic rings. The SMILES string of the molecule is CC(=O)N[C@@H](Cc1c[nH]c2ccccc12)C(=O)N1CC[C@H](C(N)=O)C1. The Kier molecular flexibility index (Phi) is 4.74. The van der Waals surface area contributed by atoms with Crippen LogP contribution in [0.1, 0.15) is 18.9 Å². The van der Waals surface area contributed by atoms with E-state index in [0.717, 1.165) is 16.5 Å². The zero-order chi connectivity index (χ0) is 18.0. The molecule has 1 aliphatic rings. The smallest absolute Gasteiger partial charge is 0.245 e. The third-order valence-electron chi connectivity index (χ3n) is 4.68. The Bertz CT molecular complexity index is 814. The van der Waals surface area contributed by atoms with Crippen molar-refractivity contribution < 1.29 is 14.4 Å². The van der Waals surface area contributed by atoms with E-state index in [2.05, 4.69) is 10.3 Å². The fraction of sp³-hybridized carbons (Fsp3) is 0.389. The third kappa shape index (κ3) is 3.65. The number of primary amides is 1. The van der Waals surface area contributed by atoms with Crippen LogP contribution >= 0.6 is 0 Å². The molecule has 0 aliphatic carbocycles. The van der Waals surface area contributed by atoms with Crippen LogP contribution in [0.3, 0.4) is 0 Å². The number of aromatic amines is 1. The molecular weight excluding hydrogens is 320 g/mol. The minimum atomic E-state index is -0.664. The number of benzene rings is 1. The van der Waals surface area contributed by atoms with Crippen LogP contribution in [-0.4, -0.2) is 46.7 Å². The largest absolute Gasteiger partial charge is 0.369 e. The zero-order valence-corrected chi connectivity index (χ0v) is 14.1. The van der Waals surface area contributed by atoms with E-state index < -0.39 is 6.04 Å². The van der Waals surface area contributed by atoms with E-state index in [4.69, 9.17) is 5.73 Å². The van der Waals surface area contributed by atoms with Crippen LogP contribution in [0.15, 0.2) is 30.5 Å². The summed E-state index contributed by atoms with van der Waals surface area (Å²) >= 11 is 0. The summed E-state index contributed by atoms with van der Waals surface area (Å²) in [5.74, 6) is -1.13. The maximum atomic E-state index is 12.9. The lowest BCUT2D eigenvalue weighted by Crippen LogP contribution is -2.48. The summed E-state index contributed by atoms with van der Waals surface area (Å²) in [5.41, 5.74) is 7.29. The lowest BCUT2D eigenvalue weighted by Gasteiger charge is -2.24. The van der Waals surface area contributed by atoms with E-state index in [9.17, 15) is 14.4 Å². The maximum Gasteiger partial charge on any atom is 0.245 e. The van der Waals surface area contributed by atoms with Gasteiger partial charge in [0.05, 0.1) is 5.92 Å². The minimum absolute atomic E-state index is 0.177. The maximum absolute atomic E-state index is 12.9. The number of carbonyl (C=O) groups excluding carboxylic acids is 3. The average molecular weight is 342 g/mol. The summed E-state index contributed by atoms with van der Waals surface area (Å²) in [6.45, 7) is 2.19. The van der Waals surface area contributed by atoms with Crippen LogP contribution in [0.4, 0.5) is 0 Å². The Morgan fingerprint density at radius 2 is 2.12 bits per heavy atom. The number of amides is 3. The van der Waals surface area contributed by atoms with Gasteiger partial charge in [-0.3, -0.25) is 14.4 Å². The molecule has 0 bridgehead atoms. The summed E-state index contributed by atoms with van der Waals surface area (Å²) in [4.78, 5) is 40.6. The fourth-order valence-corrected chi connectivity index (χ4v) is 3.38. The number of nitrogens with two attached hydrogens (primary N) is 1. The van der Waals surface area contributed by atoms with Crippen LogP contribution < -0.4 is 11.1 Å². The van der Waals surface area contributed by atoms with Crippen LogP contribution in [0, 0.1) is 5.92 Å². The molecule has 3 amide bonds. The first-order chi connectivity index (χ1) is 12.0. The molecule has 2 heterocycles. The highest BCUT2D eigenvalue weighted by Crippen LogP contribution is 2.21. The van der Waals surface area contributed by atoms with Crippen molar-refractivity contribution in [2.24, 2.45) is 11.7 Å². The lowest BCUT2D eigenvalue weighted by atomic mass is 10.0. The Labute approximate surface area is 145 Å². The van der Waals surface area contributed by atoms with E-state index >= 15 is 0 Å². The van der Waals surface area contributed by atoms with E-state index in [1.807, 2.05) is 30.5 Å². The van der Waals surface area contributed by atoms with Gasteiger partial charge in [-0.1, -0.05) is 18.2 Å². The van der Waals surface area contributed by atoms with Crippen LogP contribution in [0.5, 0.6) is 0 Å². The van der Waals surface area contributed by atoms with Crippen molar-refractivity contribution in [1.82, 2.24) is 15.2 Å². The van der Waals surface area contributed by atoms with Gasteiger partial charge in [-0.25, -0.2) is 0 Å². The van der Waals surface area contributed by atoms with Gasteiger partial charge < -0.3 is 20.9 Å². The molecule has 132 valence electrons. The Hall–Kier alpha value is -2.83. The second-order valence-electron chi connectivity index (χ2n) is 6.49. The summed E-state index contributed by atoms with van der Waals surface area (Å²) in [7, 11) is 0. The number of para-hydroxylation sites is 1. The molecule has 2 atom stereocenters. The Balaban J connectivity index is 1.79. The molecular formula is C18H22N4O3. The first kappa shape index (κ1) is 17.0. The highest BCUT2D eigenvalue weighted by Gasteiger charge is 2.33. The predicted molar refractivity (Wildman–Crippen MR) is 93.5 cm³/mol. The Morgan fingerprint density at radius 3 is 2.80 bits per heavy atom. The van der Waals surface area contributed by atoms with Crippen LogP contribution in [-0.2, 0) is 20.8 Å². The highest BCUT2D eigenvalue weighted by molar-refractivity contribution is 5.90. The van der Waals surface area contributed by atoms with Gasteiger partial charge in [0.25, 0.3) is 0 Å². The normalized spacial score (nSPS) is 18.3. The van der Waals surface area contributed by atoms with Gasteiger partial charge in [0.15, 0.2) is 0 Å². The molecule has 1 aromatic carbocycles. The second kappa shape index (κ2) is 6.96. The van der Waals surface area contributed by atoms with Crippen molar-refractivity contribution in [2.45, 2.75) is 25.8 Å². The van der Waals surface area contributed by atoms with E-state index in [1.54, 1.807) is 4.90 Å². The first-order valence-electron chi connectivity index (χ1n) is 8.36. The summed E-state index contributed by atoms with van der Waals surface area (Å²) in [5, 5.41) is 3.77. The quantitative estimate of drug-likeness (QED) is 0.738.